The van der Waals surface area contributed by atoms with Crippen molar-refractivity contribution in [2.24, 2.45) is 5.10 Å². The Morgan fingerprint density at radius 3 is 2.58 bits per heavy atom. The average Bonchev–Trinajstić information content (AvgIpc) is 2.46. The first kappa shape index (κ1) is 13.0. The molecule has 0 aliphatic carbocycles. The van der Waals surface area contributed by atoms with Crippen molar-refractivity contribution in [3.8, 4) is 0 Å². The lowest BCUT2D eigenvalue weighted by Crippen LogP contribution is -2.20. The Morgan fingerprint density at radius 2 is 1.89 bits per heavy atom. The largest absolute Gasteiger partial charge is 0.271 e. The molecule has 1 aromatic carbocycles. The van der Waals surface area contributed by atoms with Gasteiger partial charge in [0, 0.05) is 11.8 Å². The average molecular weight is 253 g/mol. The van der Waals surface area contributed by atoms with Crippen molar-refractivity contribution >= 4 is 11.6 Å². The summed E-state index contributed by atoms with van der Waals surface area (Å²) < 4.78 is 0. The maximum absolute atomic E-state index is 12.0. The summed E-state index contributed by atoms with van der Waals surface area (Å²) in [5.74, 6) is -0.214. The van der Waals surface area contributed by atoms with Crippen LogP contribution in [0.15, 0.2) is 53.8 Å². The molecular weight excluding hydrogens is 238 g/mol. The molecule has 19 heavy (non-hydrogen) atoms. The summed E-state index contributed by atoms with van der Waals surface area (Å²) in [6.45, 7) is 3.70. The molecule has 0 aliphatic heterocycles. The van der Waals surface area contributed by atoms with Gasteiger partial charge in [0.1, 0.15) is 0 Å². The number of benzene rings is 1. The first-order valence-electron chi connectivity index (χ1n) is 6.00. The highest BCUT2D eigenvalue weighted by Crippen LogP contribution is 2.06. The molecule has 0 saturated carbocycles. The molecule has 1 heterocycles. The van der Waals surface area contributed by atoms with Gasteiger partial charge in [-0.1, -0.05) is 24.3 Å². The third-order valence-corrected chi connectivity index (χ3v) is 2.75. The lowest BCUT2D eigenvalue weighted by molar-refractivity contribution is 0.0954. The summed E-state index contributed by atoms with van der Waals surface area (Å²) in [6.07, 6.45) is 1.69. The van der Waals surface area contributed by atoms with E-state index in [9.17, 15) is 4.79 Å². The van der Waals surface area contributed by atoms with Crippen molar-refractivity contribution in [3.63, 3.8) is 0 Å². The highest BCUT2D eigenvalue weighted by molar-refractivity contribution is 6.00. The number of hydrogen-bond acceptors (Lipinski definition) is 3. The van der Waals surface area contributed by atoms with Crippen LogP contribution in [0, 0.1) is 6.92 Å². The standard InChI is InChI=1S/C15H15N3O/c1-11-7-3-4-8-13(11)15(19)18-17-12(2)14-9-5-6-10-16-14/h3-10H,1-2H3,(H,18,19)/b17-12+. The number of carbonyl (C=O) groups excluding carboxylic acids is 1. The Morgan fingerprint density at radius 1 is 1.16 bits per heavy atom. The molecule has 0 radical (unpaired) electrons. The first-order valence-corrected chi connectivity index (χ1v) is 6.00. The van der Waals surface area contributed by atoms with E-state index in [0.717, 1.165) is 11.3 Å². The second kappa shape index (κ2) is 5.91. The van der Waals surface area contributed by atoms with Gasteiger partial charge in [-0.15, -0.1) is 0 Å². The molecule has 1 aromatic heterocycles. The monoisotopic (exact) mass is 253 g/mol. The Hall–Kier alpha value is -2.49. The predicted molar refractivity (Wildman–Crippen MR) is 75.1 cm³/mol. The molecule has 0 fully saturated rings. The number of nitrogens with zero attached hydrogens (tertiary/aromatic N) is 2. The van der Waals surface area contributed by atoms with Gasteiger partial charge in [0.05, 0.1) is 11.4 Å². The van der Waals surface area contributed by atoms with Crippen LogP contribution < -0.4 is 5.43 Å². The van der Waals surface area contributed by atoms with Crippen molar-refractivity contribution < 1.29 is 4.79 Å². The maximum atomic E-state index is 12.0. The number of hydrogen-bond donors (Lipinski definition) is 1. The summed E-state index contributed by atoms with van der Waals surface area (Å²) in [4.78, 5) is 16.1. The molecule has 0 bridgehead atoms. The zero-order chi connectivity index (χ0) is 13.7. The molecule has 0 spiro atoms. The van der Waals surface area contributed by atoms with Gasteiger partial charge in [0.2, 0.25) is 0 Å². The Balaban J connectivity index is 2.11. The van der Waals surface area contributed by atoms with E-state index in [1.54, 1.807) is 19.2 Å². The van der Waals surface area contributed by atoms with Crippen LogP contribution in [0.3, 0.4) is 0 Å². The summed E-state index contributed by atoms with van der Waals surface area (Å²) in [5.41, 5.74) is 5.51. The zero-order valence-corrected chi connectivity index (χ0v) is 10.9. The van der Waals surface area contributed by atoms with E-state index in [1.165, 1.54) is 0 Å². The second-order valence-corrected chi connectivity index (χ2v) is 4.17. The van der Waals surface area contributed by atoms with E-state index in [0.29, 0.717) is 11.3 Å². The van der Waals surface area contributed by atoms with Crippen molar-refractivity contribution in [3.05, 3.63) is 65.5 Å². The lowest BCUT2D eigenvalue weighted by atomic mass is 10.1. The number of carbonyl (C=O) groups is 1. The third-order valence-electron chi connectivity index (χ3n) is 2.75. The highest BCUT2D eigenvalue weighted by Gasteiger charge is 2.07. The van der Waals surface area contributed by atoms with Crippen LogP contribution in [0.5, 0.6) is 0 Å². The third kappa shape index (κ3) is 3.25. The minimum atomic E-state index is -0.214. The normalized spacial score (nSPS) is 11.2. The Bertz CT molecular complexity index is 606. The van der Waals surface area contributed by atoms with Crippen molar-refractivity contribution in [1.29, 1.82) is 0 Å². The Kier molecular flexibility index (Phi) is 4.03. The Labute approximate surface area is 112 Å². The van der Waals surface area contributed by atoms with Crippen LogP contribution in [0.4, 0.5) is 0 Å². The summed E-state index contributed by atoms with van der Waals surface area (Å²) >= 11 is 0. The molecule has 1 amide bonds. The van der Waals surface area contributed by atoms with Crippen LogP contribution in [0.25, 0.3) is 0 Å². The maximum Gasteiger partial charge on any atom is 0.271 e. The molecule has 4 nitrogen and oxygen atoms in total. The van der Waals surface area contributed by atoms with Crippen LogP contribution in [0.1, 0.15) is 28.5 Å². The summed E-state index contributed by atoms with van der Waals surface area (Å²) in [6, 6.07) is 13.0. The fourth-order valence-electron chi connectivity index (χ4n) is 1.66. The molecule has 0 aliphatic rings. The van der Waals surface area contributed by atoms with E-state index >= 15 is 0 Å². The van der Waals surface area contributed by atoms with Gasteiger partial charge in [-0.05, 0) is 37.6 Å². The zero-order valence-electron chi connectivity index (χ0n) is 10.9. The van der Waals surface area contributed by atoms with Gasteiger partial charge in [-0.3, -0.25) is 9.78 Å². The van der Waals surface area contributed by atoms with Gasteiger partial charge in [-0.2, -0.15) is 5.10 Å². The van der Waals surface area contributed by atoms with Crippen molar-refractivity contribution in [1.82, 2.24) is 10.4 Å². The SMILES string of the molecule is C/C(=N\NC(=O)c1ccccc1C)c1ccccn1. The van der Waals surface area contributed by atoms with E-state index in [2.05, 4.69) is 15.5 Å². The minimum absolute atomic E-state index is 0.214. The number of amides is 1. The van der Waals surface area contributed by atoms with Crippen molar-refractivity contribution in [2.75, 3.05) is 0 Å². The summed E-state index contributed by atoms with van der Waals surface area (Å²) in [5, 5.41) is 4.07. The van der Waals surface area contributed by atoms with E-state index in [-0.39, 0.29) is 5.91 Å². The number of rotatable bonds is 3. The first-order chi connectivity index (χ1) is 9.18. The van der Waals surface area contributed by atoms with Crippen LogP contribution in [-0.4, -0.2) is 16.6 Å². The molecule has 1 N–H and O–H groups in total. The second-order valence-electron chi connectivity index (χ2n) is 4.17. The molecule has 2 rings (SSSR count). The van der Waals surface area contributed by atoms with E-state index in [1.807, 2.05) is 43.3 Å². The molecule has 4 heteroatoms. The van der Waals surface area contributed by atoms with Gasteiger partial charge < -0.3 is 0 Å². The van der Waals surface area contributed by atoms with E-state index < -0.39 is 0 Å². The quantitative estimate of drug-likeness (QED) is 0.675. The topological polar surface area (TPSA) is 54.4 Å². The molecule has 0 unspecified atom stereocenters. The molecule has 0 atom stereocenters. The fourth-order valence-corrected chi connectivity index (χ4v) is 1.66. The smallest absolute Gasteiger partial charge is 0.267 e. The number of hydrazone groups is 1. The van der Waals surface area contributed by atoms with Gasteiger partial charge in [0.15, 0.2) is 0 Å². The number of pyridine rings is 1. The molecule has 0 saturated heterocycles. The highest BCUT2D eigenvalue weighted by atomic mass is 16.2. The predicted octanol–water partition coefficient (Wildman–Crippen LogP) is 2.54. The van der Waals surface area contributed by atoms with Crippen LogP contribution in [0.2, 0.25) is 0 Å². The number of aromatic nitrogens is 1. The molecule has 96 valence electrons. The van der Waals surface area contributed by atoms with Gasteiger partial charge in [0.25, 0.3) is 5.91 Å². The van der Waals surface area contributed by atoms with Crippen molar-refractivity contribution in [2.45, 2.75) is 13.8 Å². The summed E-state index contributed by atoms with van der Waals surface area (Å²) in [7, 11) is 0. The lowest BCUT2D eigenvalue weighted by Gasteiger charge is -2.04. The fraction of sp³-hybridized carbons (Fsp3) is 0.133. The number of nitrogens with one attached hydrogen (secondary N) is 1. The van der Waals surface area contributed by atoms with Gasteiger partial charge >= 0.3 is 0 Å². The van der Waals surface area contributed by atoms with Crippen LogP contribution >= 0.6 is 0 Å². The number of aryl methyl sites for hydroxylation is 1. The molecule has 2 aromatic rings. The van der Waals surface area contributed by atoms with E-state index in [4.69, 9.17) is 0 Å². The minimum Gasteiger partial charge on any atom is -0.267 e. The van der Waals surface area contributed by atoms with Gasteiger partial charge in [-0.25, -0.2) is 5.43 Å². The molecular formula is C15H15N3O. The van der Waals surface area contributed by atoms with Crippen LogP contribution in [-0.2, 0) is 0 Å².